The number of furan rings is 1. The van der Waals surface area contributed by atoms with Crippen LogP contribution in [0.15, 0.2) is 138 Å². The molecule has 5 aromatic carbocycles. The Bertz CT molecular complexity index is 2810. The molecule has 0 saturated heterocycles. The van der Waals surface area contributed by atoms with Crippen LogP contribution in [0.2, 0.25) is 19.6 Å². The van der Waals surface area contributed by atoms with Gasteiger partial charge in [-0.05, 0) is 70.2 Å². The van der Waals surface area contributed by atoms with Gasteiger partial charge in [0.05, 0.1) is 36.2 Å². The zero-order chi connectivity index (χ0) is 39.8. The number of benzene rings is 5. The minimum absolute atomic E-state index is 0. The molecule has 58 heavy (non-hydrogen) atoms. The molecule has 9 aromatic rings. The van der Waals surface area contributed by atoms with Crippen LogP contribution < -0.4 is 5.19 Å². The van der Waals surface area contributed by atoms with Crippen LogP contribution >= 0.6 is 0 Å². The molecule has 1 radical (unpaired) electrons. The van der Waals surface area contributed by atoms with E-state index in [0.717, 1.165) is 66.7 Å². The van der Waals surface area contributed by atoms with Crippen molar-refractivity contribution < 1.29 is 28.9 Å². The van der Waals surface area contributed by atoms with Crippen molar-refractivity contribution in [2.75, 3.05) is 0 Å². The predicted molar refractivity (Wildman–Crippen MR) is 235 cm³/mol. The molecule has 0 fully saturated rings. The van der Waals surface area contributed by atoms with Crippen LogP contribution in [0, 0.1) is 17.9 Å². The van der Waals surface area contributed by atoms with Gasteiger partial charge in [-0.25, -0.2) is 9.37 Å². The van der Waals surface area contributed by atoms with Crippen molar-refractivity contribution in [1.82, 2.24) is 19.5 Å². The molecule has 0 aliphatic heterocycles. The maximum Gasteiger partial charge on any atom is 0.216 e. The van der Waals surface area contributed by atoms with Crippen molar-refractivity contribution >= 4 is 46.4 Å². The smallest absolute Gasteiger partial charge is 0.216 e. The third kappa shape index (κ3) is 7.97. The molecular formula is C50H45FIrN4OSi-2. The molecule has 0 atom stereocenters. The van der Waals surface area contributed by atoms with E-state index in [0.29, 0.717) is 17.1 Å². The average molecular weight is 957 g/mol. The van der Waals surface area contributed by atoms with Crippen molar-refractivity contribution in [3.63, 3.8) is 0 Å². The summed E-state index contributed by atoms with van der Waals surface area (Å²) in [6.07, 6.45) is 2.02. The predicted octanol–water partition coefficient (Wildman–Crippen LogP) is 12.9. The zero-order valence-electron chi connectivity index (χ0n) is 33.8. The molecule has 293 valence electrons. The molecule has 0 amide bonds. The SMILES string of the molecule is CC(C)c1cc(F)cc(C(C)C)c1-n1c(-c2[c-]ccc3c2oc2nc(-c4ccccc4)ccc23)nc2ccccc21.C[Si](C)(C)c1ccc(-c2[c-]cccc2)nc1.[Ir]. The van der Waals surface area contributed by atoms with E-state index in [1.165, 1.54) is 5.19 Å². The van der Waals surface area contributed by atoms with Crippen LogP contribution in [0.4, 0.5) is 4.39 Å². The van der Waals surface area contributed by atoms with Crippen LogP contribution in [0.25, 0.3) is 72.7 Å². The number of imidazole rings is 1. The summed E-state index contributed by atoms with van der Waals surface area (Å²) in [6, 6.07) is 48.4. The summed E-state index contributed by atoms with van der Waals surface area (Å²) in [4.78, 5) is 14.5. The number of para-hydroxylation sites is 2. The van der Waals surface area contributed by atoms with E-state index in [-0.39, 0.29) is 37.8 Å². The second-order valence-electron chi connectivity index (χ2n) is 16.1. The first-order valence-electron chi connectivity index (χ1n) is 19.5. The number of pyridine rings is 2. The third-order valence-corrected chi connectivity index (χ3v) is 12.4. The Morgan fingerprint density at radius 2 is 1.38 bits per heavy atom. The number of hydrogen-bond acceptors (Lipinski definition) is 4. The van der Waals surface area contributed by atoms with Crippen molar-refractivity contribution in [3.8, 4) is 39.6 Å². The number of halogens is 1. The van der Waals surface area contributed by atoms with E-state index in [9.17, 15) is 4.39 Å². The Balaban J connectivity index is 0.000000254. The van der Waals surface area contributed by atoms with Gasteiger partial charge >= 0.3 is 0 Å². The van der Waals surface area contributed by atoms with Crippen LogP contribution in [-0.2, 0) is 20.1 Å². The number of hydrogen-bond donors (Lipinski definition) is 0. The van der Waals surface area contributed by atoms with Gasteiger partial charge in [0.25, 0.3) is 0 Å². The number of nitrogens with zero attached hydrogens (tertiary/aromatic N) is 4. The maximum atomic E-state index is 14.9. The van der Waals surface area contributed by atoms with E-state index in [1.807, 2.05) is 97.2 Å². The molecule has 0 aliphatic carbocycles. The van der Waals surface area contributed by atoms with Crippen LogP contribution in [0.3, 0.4) is 0 Å². The molecule has 0 saturated carbocycles. The van der Waals surface area contributed by atoms with E-state index in [4.69, 9.17) is 14.4 Å². The summed E-state index contributed by atoms with van der Waals surface area (Å²) >= 11 is 0. The molecule has 0 bridgehead atoms. The first kappa shape index (κ1) is 40.7. The van der Waals surface area contributed by atoms with Gasteiger partial charge in [0.2, 0.25) is 5.71 Å². The molecule has 0 unspecified atom stereocenters. The Morgan fingerprint density at radius 3 is 2.03 bits per heavy atom. The Labute approximate surface area is 354 Å². The van der Waals surface area contributed by atoms with Gasteiger partial charge in [0, 0.05) is 42.9 Å². The normalized spacial score (nSPS) is 11.6. The fourth-order valence-electron chi connectivity index (χ4n) is 7.31. The standard InChI is InChI=1S/C36H29FN3O.C14H16NSi.Ir/c1-21(2)28-19-24(37)20-29(22(3)4)33(28)40-32-16-9-8-15-31(32)38-35(40)27-14-10-13-25-26-17-18-30(23-11-6-5-7-12-23)39-36(26)41-34(25)27;1-16(2,3)13-9-10-14(15-11-13)12-7-5-4-6-8-12;/h5-13,15-22H,1-4H3;4-7,9-11H,1-3H3;/q2*-1;. The third-order valence-electron chi connectivity index (χ3n) is 10.4. The van der Waals surface area contributed by atoms with Gasteiger partial charge in [-0.1, -0.05) is 113 Å². The van der Waals surface area contributed by atoms with Crippen molar-refractivity contribution in [2.24, 2.45) is 0 Å². The van der Waals surface area contributed by atoms with Crippen molar-refractivity contribution in [3.05, 3.63) is 163 Å². The van der Waals surface area contributed by atoms with E-state index in [2.05, 4.69) is 93.3 Å². The number of rotatable bonds is 7. The summed E-state index contributed by atoms with van der Waals surface area (Å²) < 4.78 is 23.6. The summed E-state index contributed by atoms with van der Waals surface area (Å²) in [7, 11) is -1.23. The summed E-state index contributed by atoms with van der Waals surface area (Å²) in [5.41, 5.74) is 10.6. The van der Waals surface area contributed by atoms with Crippen LogP contribution in [0.1, 0.15) is 50.7 Å². The first-order chi connectivity index (χ1) is 27.5. The average Bonchev–Trinajstić information content (AvgIpc) is 3.79. The molecule has 0 aliphatic rings. The van der Waals surface area contributed by atoms with Gasteiger partial charge in [-0.2, -0.15) is 0 Å². The maximum absolute atomic E-state index is 14.9. The minimum Gasteiger partial charge on any atom is -0.486 e. The van der Waals surface area contributed by atoms with Gasteiger partial charge in [-0.15, -0.1) is 54.1 Å². The fourth-order valence-corrected chi connectivity index (χ4v) is 8.34. The van der Waals surface area contributed by atoms with E-state index in [1.54, 1.807) is 12.1 Å². The molecular weight excluding hydrogens is 912 g/mol. The van der Waals surface area contributed by atoms with Crippen LogP contribution in [-0.4, -0.2) is 27.6 Å². The summed E-state index contributed by atoms with van der Waals surface area (Å²) in [5, 5.41) is 3.28. The largest absolute Gasteiger partial charge is 0.486 e. The van der Waals surface area contributed by atoms with Gasteiger partial charge in [0.15, 0.2) is 0 Å². The van der Waals surface area contributed by atoms with E-state index < -0.39 is 8.07 Å². The Hall–Kier alpha value is -5.53. The molecule has 0 N–H and O–H groups in total. The zero-order valence-corrected chi connectivity index (χ0v) is 37.2. The number of fused-ring (bicyclic) bond motifs is 4. The monoisotopic (exact) mass is 957 g/mol. The first-order valence-corrected chi connectivity index (χ1v) is 23.0. The van der Waals surface area contributed by atoms with Gasteiger partial charge < -0.3 is 14.0 Å². The fraction of sp³-hybridized carbons (Fsp3) is 0.180. The molecule has 4 heterocycles. The number of aromatic nitrogens is 4. The Kier molecular flexibility index (Phi) is 11.7. The second-order valence-corrected chi connectivity index (χ2v) is 21.2. The molecule has 9 rings (SSSR count). The quantitative estimate of drug-likeness (QED) is 0.118. The molecule has 8 heteroatoms. The topological polar surface area (TPSA) is 56.7 Å². The van der Waals surface area contributed by atoms with Gasteiger partial charge in [0.1, 0.15) is 5.82 Å². The second kappa shape index (κ2) is 16.7. The van der Waals surface area contributed by atoms with Crippen LogP contribution in [0.5, 0.6) is 0 Å². The summed E-state index contributed by atoms with van der Waals surface area (Å²) in [5.74, 6) is 0.672. The molecule has 5 nitrogen and oxygen atoms in total. The minimum atomic E-state index is -1.23. The Morgan fingerprint density at radius 1 is 0.690 bits per heavy atom. The van der Waals surface area contributed by atoms with Gasteiger partial charge in [-0.3, -0.25) is 4.98 Å². The van der Waals surface area contributed by atoms with E-state index >= 15 is 0 Å². The van der Waals surface area contributed by atoms with Crippen molar-refractivity contribution in [2.45, 2.75) is 59.2 Å². The summed E-state index contributed by atoms with van der Waals surface area (Å²) in [6.45, 7) is 15.4. The molecule has 4 aromatic heterocycles. The molecule has 0 spiro atoms. The van der Waals surface area contributed by atoms with Crippen molar-refractivity contribution in [1.29, 1.82) is 0 Å².